The Hall–Kier alpha value is -7.83. The number of nitrogens with one attached hydrogen (secondary N) is 4. The van der Waals surface area contributed by atoms with Gasteiger partial charge in [-0.15, -0.1) is 0 Å². The molecule has 0 aliphatic heterocycles. The second-order valence-corrected chi connectivity index (χ2v) is 18.7. The summed E-state index contributed by atoms with van der Waals surface area (Å²) in [5, 5.41) is 14.0. The molecule has 7 aromatic rings. The number of benzene rings is 4. The number of nitrogen functional groups attached to an aromatic ring is 1. The number of nitrogens with zero attached hydrogens (tertiary/aromatic N) is 7. The minimum Gasteiger partial charge on any atom is -0.457 e. The van der Waals surface area contributed by atoms with Crippen LogP contribution < -0.4 is 36.5 Å². The number of halogens is 2. The number of thiocarbonyl (C=S) groups is 1. The van der Waals surface area contributed by atoms with E-state index in [1.807, 2.05) is 82.8 Å². The van der Waals surface area contributed by atoms with E-state index in [2.05, 4.69) is 96.1 Å². The average molecular weight is 1120 g/mol. The van der Waals surface area contributed by atoms with Crippen molar-refractivity contribution in [1.29, 1.82) is 0 Å². The third kappa shape index (κ3) is 20.8. The van der Waals surface area contributed by atoms with Crippen LogP contribution in [-0.4, -0.2) is 92.6 Å². The van der Waals surface area contributed by atoms with Gasteiger partial charge in [0, 0.05) is 50.8 Å². The molecule has 0 saturated carbocycles. The first-order valence-corrected chi connectivity index (χ1v) is 26.2. The van der Waals surface area contributed by atoms with Crippen molar-refractivity contribution >= 4 is 80.6 Å². The third-order valence-corrected chi connectivity index (χ3v) is 12.1. The highest BCUT2D eigenvalue weighted by Gasteiger charge is 2.15. The first-order valence-electron chi connectivity index (χ1n) is 25.8. The van der Waals surface area contributed by atoms with Crippen LogP contribution in [0.3, 0.4) is 0 Å². The normalized spacial score (nSPS) is 10.4. The molecular formula is C61H84F2N12O4S. The highest BCUT2D eigenvalue weighted by molar-refractivity contribution is 7.78. The molecule has 2 amide bonds. The maximum absolute atomic E-state index is 14.5. The number of aromatic nitrogens is 4. The van der Waals surface area contributed by atoms with E-state index in [0.29, 0.717) is 76.5 Å². The van der Waals surface area contributed by atoms with Crippen LogP contribution in [-0.2, 0) is 16.6 Å². The predicted molar refractivity (Wildman–Crippen MR) is 331 cm³/mol. The number of ether oxygens (including phenoxy) is 2. The predicted octanol–water partition coefficient (Wildman–Crippen LogP) is 15.2. The van der Waals surface area contributed by atoms with E-state index in [4.69, 9.17) is 15.2 Å². The minimum absolute atomic E-state index is 0. The van der Waals surface area contributed by atoms with Crippen molar-refractivity contribution in [2.75, 3.05) is 73.3 Å². The Morgan fingerprint density at radius 1 is 0.688 bits per heavy atom. The lowest BCUT2D eigenvalue weighted by atomic mass is 10.0. The molecule has 0 atom stereocenters. The number of likely N-dealkylation sites (N-methyl/N-ethyl adjacent to an activating group) is 2. The van der Waals surface area contributed by atoms with Gasteiger partial charge in [-0.1, -0.05) is 89.8 Å². The average Bonchev–Trinajstić information content (AvgIpc) is 3.72. The molecule has 16 nitrogen and oxygen atoms in total. The van der Waals surface area contributed by atoms with E-state index >= 15 is 0 Å². The first-order chi connectivity index (χ1) is 37.0. The molecule has 0 saturated heterocycles. The molecule has 19 heteroatoms. The maximum Gasteiger partial charge on any atom is 0.239 e. The molecule has 0 spiro atoms. The fourth-order valence-corrected chi connectivity index (χ4v) is 7.89. The summed E-state index contributed by atoms with van der Waals surface area (Å²) in [4.78, 5) is 45.5. The van der Waals surface area contributed by atoms with Crippen LogP contribution in [0.25, 0.3) is 11.0 Å². The summed E-state index contributed by atoms with van der Waals surface area (Å²) in [6.07, 6.45) is 5.19. The van der Waals surface area contributed by atoms with Crippen LogP contribution in [0.5, 0.6) is 23.0 Å². The molecule has 432 valence electrons. The molecule has 6 N–H and O–H groups in total. The Morgan fingerprint density at radius 2 is 1.19 bits per heavy atom. The van der Waals surface area contributed by atoms with Crippen LogP contribution in [0.2, 0.25) is 0 Å². The van der Waals surface area contributed by atoms with E-state index in [0.717, 1.165) is 61.4 Å². The molecule has 7 rings (SSSR count). The number of imidazole rings is 1. The van der Waals surface area contributed by atoms with Gasteiger partial charge >= 0.3 is 0 Å². The van der Waals surface area contributed by atoms with Crippen LogP contribution >= 0.6 is 12.2 Å². The Balaban J connectivity index is 0.000000451. The molecule has 0 aliphatic rings. The number of fused-ring (bicyclic) bond motifs is 1. The second-order valence-electron chi connectivity index (χ2n) is 18.5. The lowest BCUT2D eigenvalue weighted by molar-refractivity contribution is -0.118. The summed E-state index contributed by atoms with van der Waals surface area (Å²) in [5.74, 6) is 3.47. The molecular weight excluding hydrogens is 1030 g/mol. The summed E-state index contributed by atoms with van der Waals surface area (Å²) in [6, 6.07) is 27.8. The number of aryl methyl sites for hydroxylation is 1. The summed E-state index contributed by atoms with van der Waals surface area (Å²) in [7, 11) is 3.69. The molecule has 0 unspecified atom stereocenters. The fraction of sp³-hybridized carbons (Fsp3) is 0.377. The molecule has 3 heterocycles. The van der Waals surface area contributed by atoms with E-state index in [9.17, 15) is 18.4 Å². The minimum atomic E-state index is -0.359. The smallest absolute Gasteiger partial charge is 0.239 e. The van der Waals surface area contributed by atoms with Crippen LogP contribution in [0.4, 0.5) is 49.1 Å². The molecule has 0 bridgehead atoms. The van der Waals surface area contributed by atoms with Gasteiger partial charge < -0.3 is 41.0 Å². The largest absolute Gasteiger partial charge is 0.457 e. The summed E-state index contributed by atoms with van der Waals surface area (Å²) in [6.45, 7) is 20.6. The van der Waals surface area contributed by atoms with Crippen LogP contribution in [0.15, 0.2) is 114 Å². The topological polar surface area (TPSA) is 189 Å². The fourth-order valence-electron chi connectivity index (χ4n) is 7.79. The molecule has 0 radical (unpaired) electrons. The molecule has 3 aromatic heterocycles. The van der Waals surface area contributed by atoms with Gasteiger partial charge in [-0.3, -0.25) is 19.4 Å². The van der Waals surface area contributed by atoms with Crippen molar-refractivity contribution in [3.8, 4) is 23.0 Å². The van der Waals surface area contributed by atoms with E-state index < -0.39 is 0 Å². The van der Waals surface area contributed by atoms with Crippen molar-refractivity contribution < 1.29 is 27.8 Å². The zero-order chi connectivity index (χ0) is 56.0. The van der Waals surface area contributed by atoms with E-state index in [1.54, 1.807) is 60.9 Å². The van der Waals surface area contributed by atoms with Gasteiger partial charge in [-0.25, -0.2) is 23.7 Å². The standard InChI is InChI=1S/C29H35FN6O2.C19H27N5O2.C10H10FNS.3CH4/c1-6-14-36(7-2)18-28(37)34-27-17-22(12-13-31-27)38-21-9-11-26-25(16-21)33-29(35(26)5)32-24-15-20(19(3)4)8-10-23(24)30;1-4-10-24(5-2)13-19(25)23-18-12-15(8-9-22-18)26-14-6-7-17(21-3)16(20)11-14;1-7(2)8-3-4-9(11)10(5-8)12-6-13;;;/h8-13,15-17,19H,6-7,14,18H2,1-5H3,(H,32,33)(H,31,34,37);6-9,11-12,21H,4-5,10,13,20H2,1-3H3,(H,22,23,25);3-5,7H,1-2H3;3*1H4. The lowest BCUT2D eigenvalue weighted by Gasteiger charge is -2.18. The van der Waals surface area contributed by atoms with Crippen molar-refractivity contribution in [2.45, 2.75) is 102 Å². The van der Waals surface area contributed by atoms with Gasteiger partial charge in [-0.2, -0.15) is 4.99 Å². The van der Waals surface area contributed by atoms with Gasteiger partial charge in [0.15, 0.2) is 0 Å². The number of amides is 2. The lowest BCUT2D eigenvalue weighted by Crippen LogP contribution is -2.33. The number of hydrogen-bond donors (Lipinski definition) is 5. The summed E-state index contributed by atoms with van der Waals surface area (Å²) in [5.41, 5.74) is 11.7. The molecule has 0 fully saturated rings. The number of isothiocyanates is 1. The van der Waals surface area contributed by atoms with Gasteiger partial charge in [0.2, 0.25) is 17.8 Å². The van der Waals surface area contributed by atoms with Gasteiger partial charge in [0.05, 0.1) is 46.3 Å². The Labute approximate surface area is 478 Å². The monoisotopic (exact) mass is 1120 g/mol. The Bertz CT molecular complexity index is 3110. The van der Waals surface area contributed by atoms with Crippen molar-refractivity contribution in [1.82, 2.24) is 29.3 Å². The third-order valence-electron chi connectivity index (χ3n) is 12.0. The first kappa shape index (κ1) is 68.3. The van der Waals surface area contributed by atoms with Crippen LogP contribution in [0.1, 0.15) is 113 Å². The van der Waals surface area contributed by atoms with E-state index in [1.165, 1.54) is 12.1 Å². The summed E-state index contributed by atoms with van der Waals surface area (Å²) >= 11 is 4.42. The quantitative estimate of drug-likeness (QED) is 0.0245. The number of nitrogens with two attached hydrogens (primary N) is 1. The maximum atomic E-state index is 14.5. The summed E-state index contributed by atoms with van der Waals surface area (Å²) < 4.78 is 41.3. The van der Waals surface area contributed by atoms with Gasteiger partial charge in [0.1, 0.15) is 52.0 Å². The zero-order valence-corrected chi connectivity index (χ0v) is 46.5. The van der Waals surface area contributed by atoms with Gasteiger partial charge in [0.25, 0.3) is 0 Å². The molecule has 0 aliphatic carbocycles. The number of aliphatic imine (C=N–C) groups is 1. The Kier molecular flexibility index (Phi) is 29.2. The highest BCUT2D eigenvalue weighted by atomic mass is 32.1. The van der Waals surface area contributed by atoms with Gasteiger partial charge in [-0.05, 0) is 135 Å². The second kappa shape index (κ2) is 34.2. The number of pyridine rings is 2. The number of anilines is 6. The highest BCUT2D eigenvalue weighted by Crippen LogP contribution is 2.32. The number of carbonyl (C=O) groups excluding carboxylic acids is 2. The van der Waals surface area contributed by atoms with Crippen molar-refractivity contribution in [3.63, 3.8) is 0 Å². The number of hydrogen-bond acceptors (Lipinski definition) is 14. The van der Waals surface area contributed by atoms with Crippen molar-refractivity contribution in [3.05, 3.63) is 132 Å². The van der Waals surface area contributed by atoms with Crippen LogP contribution in [0, 0.1) is 11.6 Å². The number of rotatable bonds is 22. The number of carbonyl (C=O) groups is 2. The van der Waals surface area contributed by atoms with Crippen molar-refractivity contribution in [2.24, 2.45) is 12.0 Å². The van der Waals surface area contributed by atoms with E-state index in [-0.39, 0.29) is 57.3 Å². The Morgan fingerprint density at radius 3 is 1.68 bits per heavy atom. The SMILES string of the molecule is C.C.C.CC(C)c1ccc(F)c(N=C=S)c1.CCCN(CC)CC(=O)Nc1cc(Oc2ccc(NC)c(N)c2)ccn1.CCCN(CC)CC(=O)Nc1cc(Oc2ccc3c(c2)nc(Nc2cc(C(C)C)ccc2F)n3C)ccn1. The zero-order valence-electron chi connectivity index (χ0n) is 45.7. The molecule has 80 heavy (non-hydrogen) atoms. The molecule has 4 aromatic carbocycles.